The van der Waals surface area contributed by atoms with Gasteiger partial charge in [0.1, 0.15) is 5.25 Å². The van der Waals surface area contributed by atoms with Gasteiger partial charge in [0.05, 0.1) is 12.2 Å². The Morgan fingerprint density at radius 3 is 2.30 bits per heavy atom. The second kappa shape index (κ2) is 6.11. The zero-order chi connectivity index (χ0) is 15.6. The highest BCUT2D eigenvalue weighted by atomic mass is 32.2. The summed E-state index contributed by atoms with van der Waals surface area (Å²) in [4.78, 5) is 24.6. The first-order valence-electron chi connectivity index (χ1n) is 6.80. The van der Waals surface area contributed by atoms with E-state index in [0.29, 0.717) is 19.3 Å². The second-order valence-electron chi connectivity index (χ2n) is 6.16. The highest BCUT2D eigenvalue weighted by Gasteiger charge is 2.40. The summed E-state index contributed by atoms with van der Waals surface area (Å²) in [6, 6.07) is 0. The first-order valence-corrected chi connectivity index (χ1v) is 8.52. The number of carboxylic acids is 1. The van der Waals surface area contributed by atoms with Gasteiger partial charge in [-0.3, -0.25) is 9.59 Å². The number of rotatable bonds is 4. The molecule has 0 aromatic rings. The molecule has 1 heterocycles. The molecule has 116 valence electrons. The van der Waals surface area contributed by atoms with E-state index in [0.717, 1.165) is 0 Å². The highest BCUT2D eigenvalue weighted by Crippen LogP contribution is 2.25. The van der Waals surface area contributed by atoms with Crippen LogP contribution in [0.3, 0.4) is 0 Å². The van der Waals surface area contributed by atoms with Crippen molar-refractivity contribution >= 4 is 21.7 Å². The zero-order valence-corrected chi connectivity index (χ0v) is 13.1. The summed E-state index contributed by atoms with van der Waals surface area (Å²) in [6.45, 7) is 5.37. The average molecular weight is 305 g/mol. The third kappa shape index (κ3) is 4.19. The molecule has 6 nitrogen and oxygen atoms in total. The number of hydrogen-bond donors (Lipinski definition) is 1. The van der Waals surface area contributed by atoms with Gasteiger partial charge in [-0.2, -0.15) is 0 Å². The number of carboxylic acid groups (broad SMARTS) is 1. The zero-order valence-electron chi connectivity index (χ0n) is 12.3. The maximum atomic E-state index is 12.5. The smallest absolute Gasteiger partial charge is 0.305 e. The van der Waals surface area contributed by atoms with Crippen molar-refractivity contribution in [3.8, 4) is 0 Å². The molecule has 20 heavy (non-hydrogen) atoms. The third-order valence-electron chi connectivity index (χ3n) is 3.48. The number of sulfone groups is 1. The Kier molecular flexibility index (Phi) is 5.18. The van der Waals surface area contributed by atoms with Crippen LogP contribution < -0.4 is 0 Å². The molecule has 1 aliphatic heterocycles. The number of hydrogen-bond acceptors (Lipinski definition) is 4. The van der Waals surface area contributed by atoms with E-state index in [9.17, 15) is 18.0 Å². The van der Waals surface area contributed by atoms with Gasteiger partial charge in [0.25, 0.3) is 0 Å². The molecule has 7 heteroatoms. The summed E-state index contributed by atoms with van der Waals surface area (Å²) in [5.41, 5.74) is -0.598. The normalized spacial score (nSPS) is 22.2. The molecule has 0 bridgehead atoms. The molecule has 0 aromatic carbocycles. The lowest BCUT2D eigenvalue weighted by molar-refractivity contribution is -0.140. The molecule has 1 aliphatic rings. The molecule has 0 aromatic heterocycles. The van der Waals surface area contributed by atoms with Crippen molar-refractivity contribution in [1.82, 2.24) is 4.90 Å². The van der Waals surface area contributed by atoms with Gasteiger partial charge in [0.15, 0.2) is 9.84 Å². The van der Waals surface area contributed by atoms with Crippen molar-refractivity contribution in [2.45, 2.75) is 57.2 Å². The topological polar surface area (TPSA) is 91.8 Å². The Bertz CT molecular complexity index is 477. The molecule has 1 atom stereocenters. The first kappa shape index (κ1) is 16.9. The second-order valence-corrected chi connectivity index (χ2v) is 8.46. The summed E-state index contributed by atoms with van der Waals surface area (Å²) in [5, 5.41) is 7.76. The lowest BCUT2D eigenvalue weighted by Gasteiger charge is -2.38. The molecule has 0 spiro atoms. The van der Waals surface area contributed by atoms with Crippen LogP contribution in [0.4, 0.5) is 0 Å². The fourth-order valence-corrected chi connectivity index (χ4v) is 4.24. The molecule has 1 fully saturated rings. The molecule has 0 aliphatic carbocycles. The minimum Gasteiger partial charge on any atom is -0.481 e. The van der Waals surface area contributed by atoms with E-state index in [1.54, 1.807) is 20.8 Å². The fourth-order valence-electron chi connectivity index (χ4n) is 2.39. The molecule has 1 unspecified atom stereocenters. The number of amides is 1. The fraction of sp³-hybridized carbons (Fsp3) is 0.846. The summed E-state index contributed by atoms with van der Waals surface area (Å²) >= 11 is 0. The average Bonchev–Trinajstić information content (AvgIpc) is 2.25. The maximum absolute atomic E-state index is 12.5. The van der Waals surface area contributed by atoms with Crippen molar-refractivity contribution < 1.29 is 23.1 Å². The third-order valence-corrected chi connectivity index (χ3v) is 5.64. The van der Waals surface area contributed by atoms with Crippen molar-refractivity contribution in [1.29, 1.82) is 0 Å². The Morgan fingerprint density at radius 1 is 1.25 bits per heavy atom. The van der Waals surface area contributed by atoms with Gasteiger partial charge in [-0.1, -0.05) is 6.42 Å². The van der Waals surface area contributed by atoms with Crippen LogP contribution in [0.15, 0.2) is 0 Å². The van der Waals surface area contributed by atoms with Crippen LogP contribution in [0, 0.1) is 0 Å². The summed E-state index contributed by atoms with van der Waals surface area (Å²) < 4.78 is 24.1. The van der Waals surface area contributed by atoms with E-state index in [1.165, 1.54) is 4.90 Å². The van der Waals surface area contributed by atoms with Crippen LogP contribution in [0.25, 0.3) is 0 Å². The van der Waals surface area contributed by atoms with E-state index in [2.05, 4.69) is 0 Å². The lowest BCUT2D eigenvalue weighted by Crippen LogP contribution is -2.53. The predicted molar refractivity (Wildman–Crippen MR) is 75.1 cm³/mol. The Balaban J connectivity index is 2.95. The van der Waals surface area contributed by atoms with E-state index >= 15 is 0 Å². The molecule has 0 radical (unpaired) electrons. The van der Waals surface area contributed by atoms with Gasteiger partial charge in [0, 0.05) is 12.1 Å². The van der Waals surface area contributed by atoms with E-state index in [-0.39, 0.29) is 18.7 Å². The molecule has 1 amide bonds. The number of carbonyl (C=O) groups excluding carboxylic acids is 1. The molecule has 1 saturated heterocycles. The largest absolute Gasteiger partial charge is 0.481 e. The van der Waals surface area contributed by atoms with Gasteiger partial charge < -0.3 is 10.0 Å². The van der Waals surface area contributed by atoms with Crippen LogP contribution in [0.5, 0.6) is 0 Å². The number of aliphatic carboxylic acids is 1. The van der Waals surface area contributed by atoms with Gasteiger partial charge in [-0.25, -0.2) is 8.42 Å². The minimum atomic E-state index is -3.41. The molecule has 1 N–H and O–H groups in total. The first-order chi connectivity index (χ1) is 9.05. The van der Waals surface area contributed by atoms with Gasteiger partial charge in [-0.15, -0.1) is 0 Å². The van der Waals surface area contributed by atoms with Crippen molar-refractivity contribution in [2.75, 3.05) is 12.3 Å². The molecule has 1 rings (SSSR count). The van der Waals surface area contributed by atoms with Gasteiger partial charge in [-0.05, 0) is 33.6 Å². The standard InChI is InChI=1S/C13H23NO5S/c1-13(2,3)14(8-7-11(15)16)12(17)10-6-4-5-9-20(10,18)19/h10H,4-9H2,1-3H3,(H,15,16). The van der Waals surface area contributed by atoms with Crippen molar-refractivity contribution in [2.24, 2.45) is 0 Å². The minimum absolute atomic E-state index is 0.0314. The maximum Gasteiger partial charge on any atom is 0.305 e. The Morgan fingerprint density at radius 2 is 1.85 bits per heavy atom. The monoisotopic (exact) mass is 305 g/mol. The van der Waals surface area contributed by atoms with E-state index in [4.69, 9.17) is 5.11 Å². The molecular formula is C13H23NO5S. The number of carbonyl (C=O) groups is 2. The van der Waals surface area contributed by atoms with Crippen LogP contribution >= 0.6 is 0 Å². The summed E-state index contributed by atoms with van der Waals surface area (Å²) in [7, 11) is -3.41. The van der Waals surface area contributed by atoms with E-state index in [1.807, 2.05) is 0 Å². The van der Waals surface area contributed by atoms with Crippen LogP contribution in [0.2, 0.25) is 0 Å². The van der Waals surface area contributed by atoms with Crippen LogP contribution in [0.1, 0.15) is 46.5 Å². The Hall–Kier alpha value is -1.11. The Labute approximate surface area is 120 Å². The SMILES string of the molecule is CC(C)(C)N(CCC(=O)O)C(=O)C1CCCCS1(=O)=O. The summed E-state index contributed by atoms with van der Waals surface area (Å²) in [5.74, 6) is -1.42. The molecular weight excluding hydrogens is 282 g/mol. The van der Waals surface area contributed by atoms with Gasteiger partial charge in [0.2, 0.25) is 5.91 Å². The lowest BCUT2D eigenvalue weighted by atomic mass is 10.0. The van der Waals surface area contributed by atoms with Crippen LogP contribution in [-0.4, -0.2) is 53.4 Å². The van der Waals surface area contributed by atoms with Crippen LogP contribution in [-0.2, 0) is 19.4 Å². The quantitative estimate of drug-likeness (QED) is 0.838. The van der Waals surface area contributed by atoms with E-state index < -0.39 is 32.5 Å². The molecule has 0 saturated carbocycles. The predicted octanol–water partition coefficient (Wildman–Crippen LogP) is 1.06. The van der Waals surface area contributed by atoms with Crippen molar-refractivity contribution in [3.05, 3.63) is 0 Å². The summed E-state index contributed by atoms with van der Waals surface area (Å²) in [6.07, 6.45) is 1.46. The van der Waals surface area contributed by atoms with Crippen molar-refractivity contribution in [3.63, 3.8) is 0 Å². The highest BCUT2D eigenvalue weighted by molar-refractivity contribution is 7.92. The number of nitrogens with zero attached hydrogens (tertiary/aromatic N) is 1. The van der Waals surface area contributed by atoms with Gasteiger partial charge >= 0.3 is 5.97 Å².